The maximum atomic E-state index is 12.2. The van der Waals surface area contributed by atoms with Gasteiger partial charge in [-0.2, -0.15) is 0 Å². The monoisotopic (exact) mass is 319 g/mol. The van der Waals surface area contributed by atoms with Crippen LogP contribution in [0.5, 0.6) is 0 Å². The van der Waals surface area contributed by atoms with Crippen molar-refractivity contribution in [3.8, 4) is 0 Å². The van der Waals surface area contributed by atoms with Crippen molar-refractivity contribution in [2.75, 3.05) is 18.5 Å². The van der Waals surface area contributed by atoms with E-state index < -0.39 is 0 Å². The van der Waals surface area contributed by atoms with Gasteiger partial charge in [-0.1, -0.05) is 36.7 Å². The first-order valence-electron chi connectivity index (χ1n) is 7.07. The molecule has 4 heteroatoms. The Morgan fingerprint density at radius 2 is 2.06 bits per heavy atom. The van der Waals surface area contributed by atoms with Gasteiger partial charge in [0, 0.05) is 18.5 Å². The van der Waals surface area contributed by atoms with Gasteiger partial charge in [-0.3, -0.25) is 4.79 Å². The average Bonchev–Trinajstić information content (AvgIpc) is 2.89. The zero-order valence-corrected chi connectivity index (χ0v) is 13.4. The molecule has 0 aromatic rings. The maximum absolute atomic E-state index is 12.2. The van der Waals surface area contributed by atoms with Crippen LogP contribution in [0.4, 0.5) is 0 Å². The summed E-state index contributed by atoms with van der Waals surface area (Å²) < 4.78 is 5.58. The average molecular weight is 320 g/mol. The van der Waals surface area contributed by atoms with Crippen molar-refractivity contribution in [1.29, 1.82) is 0 Å². The van der Waals surface area contributed by atoms with E-state index in [-0.39, 0.29) is 23.3 Å². The first kappa shape index (κ1) is 16.0. The fourth-order valence-corrected chi connectivity index (χ4v) is 3.48. The molecule has 1 N–H and O–H groups in total. The molecule has 1 amide bonds. The first-order chi connectivity index (χ1) is 8.62. The van der Waals surface area contributed by atoms with Crippen LogP contribution in [0, 0.1) is 11.3 Å². The number of nitrogens with one attached hydrogen (secondary N) is 1. The van der Waals surface area contributed by atoms with Crippen LogP contribution in [-0.2, 0) is 9.53 Å². The van der Waals surface area contributed by atoms with E-state index in [2.05, 4.69) is 42.0 Å². The molecule has 0 spiro atoms. The van der Waals surface area contributed by atoms with Gasteiger partial charge in [-0.25, -0.2) is 0 Å². The molecule has 1 saturated heterocycles. The molecular formula is C14H26BrNO2. The van der Waals surface area contributed by atoms with Crippen molar-refractivity contribution < 1.29 is 9.53 Å². The predicted octanol–water partition coefficient (Wildman–Crippen LogP) is 3.12. The van der Waals surface area contributed by atoms with Gasteiger partial charge in [0.2, 0.25) is 5.91 Å². The number of amides is 1. The summed E-state index contributed by atoms with van der Waals surface area (Å²) in [5.74, 6) is 0.225. The van der Waals surface area contributed by atoms with Crippen LogP contribution in [0.15, 0.2) is 0 Å². The Morgan fingerprint density at radius 1 is 1.39 bits per heavy atom. The molecular weight excluding hydrogens is 294 g/mol. The smallest absolute Gasteiger partial charge is 0.225 e. The summed E-state index contributed by atoms with van der Waals surface area (Å²) in [5, 5.41) is 4.07. The molecule has 0 bridgehead atoms. The van der Waals surface area contributed by atoms with Gasteiger partial charge < -0.3 is 10.1 Å². The third kappa shape index (κ3) is 3.70. The molecule has 0 aromatic heterocycles. The maximum Gasteiger partial charge on any atom is 0.225 e. The second-order valence-corrected chi connectivity index (χ2v) is 5.83. The highest BCUT2D eigenvalue weighted by molar-refractivity contribution is 9.09. The minimum absolute atomic E-state index is 0.0525. The van der Waals surface area contributed by atoms with E-state index in [0.29, 0.717) is 0 Å². The third-order valence-electron chi connectivity index (χ3n) is 4.37. The zero-order chi connectivity index (χ0) is 13.6. The molecule has 1 aliphatic heterocycles. The number of carbonyl (C=O) groups excluding carboxylic acids is 1. The molecule has 1 aliphatic rings. The summed E-state index contributed by atoms with van der Waals surface area (Å²) in [4.78, 5) is 12.2. The van der Waals surface area contributed by atoms with Crippen molar-refractivity contribution >= 4 is 21.8 Å². The molecule has 0 saturated carbocycles. The Kier molecular flexibility index (Phi) is 6.64. The minimum atomic E-state index is 0.0525. The Hall–Kier alpha value is -0.0900. The summed E-state index contributed by atoms with van der Waals surface area (Å²) in [7, 11) is 0. The highest BCUT2D eigenvalue weighted by Gasteiger charge is 2.34. The fourth-order valence-electron chi connectivity index (χ4n) is 2.49. The summed E-state index contributed by atoms with van der Waals surface area (Å²) in [6, 6.07) is 0. The highest BCUT2D eigenvalue weighted by Crippen LogP contribution is 2.29. The van der Waals surface area contributed by atoms with Crippen LogP contribution < -0.4 is 5.32 Å². The summed E-state index contributed by atoms with van der Waals surface area (Å²) in [6.07, 6.45) is 4.06. The van der Waals surface area contributed by atoms with E-state index in [1.54, 1.807) is 0 Å². The largest absolute Gasteiger partial charge is 0.377 e. The molecule has 106 valence electrons. The Morgan fingerprint density at radius 3 is 2.56 bits per heavy atom. The SMILES string of the molecule is CCC1OCCC1C(=O)NCC(CC)(CC)CBr. The predicted molar refractivity (Wildman–Crippen MR) is 78.0 cm³/mol. The Balaban J connectivity index is 2.49. The van der Waals surface area contributed by atoms with Crippen LogP contribution in [-0.4, -0.2) is 30.5 Å². The number of halogens is 1. The number of alkyl halides is 1. The van der Waals surface area contributed by atoms with E-state index in [9.17, 15) is 4.79 Å². The molecule has 0 aliphatic carbocycles. The Labute approximate surface area is 119 Å². The van der Waals surface area contributed by atoms with Gasteiger partial charge in [0.25, 0.3) is 0 Å². The van der Waals surface area contributed by atoms with Crippen LogP contribution in [0.1, 0.15) is 46.5 Å². The van der Waals surface area contributed by atoms with Crippen molar-refractivity contribution in [3.05, 3.63) is 0 Å². The molecule has 2 unspecified atom stereocenters. The number of hydrogen-bond donors (Lipinski definition) is 1. The van der Waals surface area contributed by atoms with Crippen LogP contribution >= 0.6 is 15.9 Å². The van der Waals surface area contributed by atoms with E-state index in [1.807, 2.05) is 0 Å². The number of rotatable bonds is 7. The molecule has 2 atom stereocenters. The van der Waals surface area contributed by atoms with Gasteiger partial charge >= 0.3 is 0 Å². The molecule has 18 heavy (non-hydrogen) atoms. The molecule has 1 heterocycles. The fraction of sp³-hybridized carbons (Fsp3) is 0.929. The van der Waals surface area contributed by atoms with E-state index >= 15 is 0 Å². The zero-order valence-electron chi connectivity index (χ0n) is 11.8. The lowest BCUT2D eigenvalue weighted by molar-refractivity contribution is -0.127. The number of carbonyl (C=O) groups is 1. The summed E-state index contributed by atoms with van der Waals surface area (Å²) in [5.41, 5.74) is 0.191. The second-order valence-electron chi connectivity index (χ2n) is 5.27. The van der Waals surface area contributed by atoms with Gasteiger partial charge in [0.05, 0.1) is 12.0 Å². The van der Waals surface area contributed by atoms with Crippen molar-refractivity contribution in [2.24, 2.45) is 11.3 Å². The van der Waals surface area contributed by atoms with Crippen molar-refractivity contribution in [2.45, 2.75) is 52.6 Å². The summed E-state index contributed by atoms with van der Waals surface area (Å²) in [6.45, 7) is 7.94. The van der Waals surface area contributed by atoms with Crippen molar-refractivity contribution in [3.63, 3.8) is 0 Å². The van der Waals surface area contributed by atoms with E-state index in [1.165, 1.54) is 0 Å². The van der Waals surface area contributed by atoms with Crippen LogP contribution in [0.3, 0.4) is 0 Å². The molecule has 0 aromatic carbocycles. The lowest BCUT2D eigenvalue weighted by atomic mass is 9.84. The molecule has 1 fully saturated rings. The number of hydrogen-bond acceptors (Lipinski definition) is 2. The van der Waals surface area contributed by atoms with Gasteiger partial charge in [0.1, 0.15) is 0 Å². The standard InChI is InChI=1S/C14H26BrNO2/c1-4-12-11(7-8-18-12)13(17)16-10-14(5-2,6-3)9-15/h11-12H,4-10H2,1-3H3,(H,16,17). The van der Waals surface area contributed by atoms with Gasteiger partial charge in [-0.15, -0.1) is 0 Å². The normalized spacial score (nSPS) is 24.2. The van der Waals surface area contributed by atoms with Gasteiger partial charge in [-0.05, 0) is 31.1 Å². The minimum Gasteiger partial charge on any atom is -0.377 e. The van der Waals surface area contributed by atoms with Crippen molar-refractivity contribution in [1.82, 2.24) is 5.32 Å². The lowest BCUT2D eigenvalue weighted by Crippen LogP contribution is -2.42. The molecule has 0 radical (unpaired) electrons. The Bertz CT molecular complexity index is 258. The molecule has 1 rings (SSSR count). The lowest BCUT2D eigenvalue weighted by Gasteiger charge is -2.30. The van der Waals surface area contributed by atoms with E-state index in [0.717, 1.165) is 44.2 Å². The first-order valence-corrected chi connectivity index (χ1v) is 8.19. The topological polar surface area (TPSA) is 38.3 Å². The quantitative estimate of drug-likeness (QED) is 0.732. The number of ether oxygens (including phenoxy) is 1. The summed E-state index contributed by atoms with van der Waals surface area (Å²) >= 11 is 3.58. The van der Waals surface area contributed by atoms with Crippen LogP contribution in [0.25, 0.3) is 0 Å². The van der Waals surface area contributed by atoms with E-state index in [4.69, 9.17) is 4.74 Å². The third-order valence-corrected chi connectivity index (χ3v) is 5.56. The highest BCUT2D eigenvalue weighted by atomic mass is 79.9. The second kappa shape index (κ2) is 7.49. The molecule has 3 nitrogen and oxygen atoms in total. The van der Waals surface area contributed by atoms with Gasteiger partial charge in [0.15, 0.2) is 0 Å². The van der Waals surface area contributed by atoms with Crippen LogP contribution in [0.2, 0.25) is 0 Å².